The van der Waals surface area contributed by atoms with Crippen LogP contribution in [0.25, 0.3) is 10.9 Å². The summed E-state index contributed by atoms with van der Waals surface area (Å²) in [7, 11) is 0. The van der Waals surface area contributed by atoms with Crippen LogP contribution in [0.3, 0.4) is 0 Å². The predicted octanol–water partition coefficient (Wildman–Crippen LogP) is 5.73. The van der Waals surface area contributed by atoms with Crippen molar-refractivity contribution in [3.63, 3.8) is 0 Å². The number of benzene rings is 1. The van der Waals surface area contributed by atoms with Crippen LogP contribution in [0.4, 0.5) is 13.2 Å². The summed E-state index contributed by atoms with van der Waals surface area (Å²) in [5.74, 6) is -3.53. The first kappa shape index (κ1) is 18.9. The molecule has 1 aliphatic carbocycles. The highest BCUT2D eigenvalue weighted by Crippen LogP contribution is 2.55. The van der Waals surface area contributed by atoms with E-state index in [0.29, 0.717) is 17.4 Å². The van der Waals surface area contributed by atoms with Crippen molar-refractivity contribution in [3.05, 3.63) is 41.8 Å². The van der Waals surface area contributed by atoms with E-state index in [1.165, 1.54) is 12.3 Å². The number of nitrogens with zero attached hydrogens (tertiary/aromatic N) is 1. The van der Waals surface area contributed by atoms with E-state index in [1.54, 1.807) is 25.1 Å². The zero-order valence-corrected chi connectivity index (χ0v) is 15.4. The van der Waals surface area contributed by atoms with Crippen LogP contribution in [0.5, 0.6) is 0 Å². The van der Waals surface area contributed by atoms with E-state index in [0.717, 1.165) is 19.8 Å². The van der Waals surface area contributed by atoms with Crippen molar-refractivity contribution in [1.82, 2.24) is 4.98 Å². The van der Waals surface area contributed by atoms with Crippen LogP contribution < -0.4 is 0 Å². The Morgan fingerprint density at radius 1 is 1.27 bits per heavy atom. The molecule has 1 aliphatic rings. The number of hydrogen-bond donors (Lipinski definition) is 0. The van der Waals surface area contributed by atoms with Crippen LogP contribution in [-0.2, 0) is 11.2 Å². The molecule has 1 fully saturated rings. The summed E-state index contributed by atoms with van der Waals surface area (Å²) in [4.78, 5) is 17.1. The number of carbonyl (C=O) groups excluding carboxylic acids is 1. The largest absolute Gasteiger partial charge is 0.299 e. The summed E-state index contributed by atoms with van der Waals surface area (Å²) in [5.41, 5.74) is -0.224. The average Bonchev–Trinajstić information content (AvgIpc) is 3.22. The number of aromatic nitrogens is 1. The summed E-state index contributed by atoms with van der Waals surface area (Å²) in [6, 6.07) is 6.36. The third-order valence-electron chi connectivity index (χ3n) is 5.38. The molecule has 0 N–H and O–H groups in total. The molecule has 2 aromatic rings. The Kier molecular flexibility index (Phi) is 4.62. The van der Waals surface area contributed by atoms with Crippen molar-refractivity contribution in [2.24, 2.45) is 10.8 Å². The standard InChI is InChI=1S/C21H24F3NO/c1-19(7-8-19)12-20(2,13-21(3,23)24)17(26)10-14-9-15-5-4-6-16(22)18(15)25-11-14/h4-6,9,11H,7-8,10,12-13H2,1-3H3. The van der Waals surface area contributed by atoms with E-state index in [9.17, 15) is 18.0 Å². The first-order valence-electron chi connectivity index (χ1n) is 8.94. The number of alkyl halides is 2. The second-order valence-electron chi connectivity index (χ2n) is 8.55. The molecule has 140 valence electrons. The smallest absolute Gasteiger partial charge is 0.246 e. The van der Waals surface area contributed by atoms with Crippen molar-refractivity contribution in [3.8, 4) is 0 Å². The number of halogens is 3. The molecule has 26 heavy (non-hydrogen) atoms. The summed E-state index contributed by atoms with van der Waals surface area (Å²) in [6.07, 6.45) is 3.46. The summed E-state index contributed by atoms with van der Waals surface area (Å²) in [6.45, 7) is 4.57. The van der Waals surface area contributed by atoms with Gasteiger partial charge in [-0.3, -0.25) is 9.78 Å². The minimum Gasteiger partial charge on any atom is -0.299 e. The molecular formula is C21H24F3NO. The number of fused-ring (bicyclic) bond motifs is 1. The maximum absolute atomic E-state index is 13.8. The van der Waals surface area contributed by atoms with Gasteiger partial charge < -0.3 is 0 Å². The molecule has 0 spiro atoms. The lowest BCUT2D eigenvalue weighted by Crippen LogP contribution is -2.37. The molecule has 5 heteroatoms. The van der Waals surface area contributed by atoms with Gasteiger partial charge in [-0.15, -0.1) is 0 Å². The highest BCUT2D eigenvalue weighted by molar-refractivity contribution is 5.88. The quantitative estimate of drug-likeness (QED) is 0.629. The minimum absolute atomic E-state index is 0.0135. The fourth-order valence-electron chi connectivity index (χ4n) is 3.94. The third-order valence-corrected chi connectivity index (χ3v) is 5.38. The zero-order chi connectivity index (χ0) is 19.2. The normalized spacial score (nSPS) is 18.5. The number of hydrogen-bond acceptors (Lipinski definition) is 2. The fourth-order valence-corrected chi connectivity index (χ4v) is 3.94. The number of Topliss-reactive ketones (excluding diaryl/α,β-unsaturated/α-hetero) is 1. The first-order valence-corrected chi connectivity index (χ1v) is 8.94. The average molecular weight is 363 g/mol. The van der Waals surface area contributed by atoms with Crippen molar-refractivity contribution in [2.75, 3.05) is 0 Å². The number of pyridine rings is 1. The number of ketones is 1. The van der Waals surface area contributed by atoms with Crippen molar-refractivity contribution >= 4 is 16.7 Å². The van der Waals surface area contributed by atoms with Gasteiger partial charge >= 0.3 is 0 Å². The van der Waals surface area contributed by atoms with Gasteiger partial charge in [0.15, 0.2) is 0 Å². The van der Waals surface area contributed by atoms with Crippen LogP contribution >= 0.6 is 0 Å². The van der Waals surface area contributed by atoms with Crippen LogP contribution in [0.1, 0.15) is 52.0 Å². The number of rotatable bonds is 7. The first-order chi connectivity index (χ1) is 12.0. The molecule has 0 saturated heterocycles. The lowest BCUT2D eigenvalue weighted by molar-refractivity contribution is -0.134. The SMILES string of the molecule is CC(F)(F)CC(C)(CC1(C)CC1)C(=O)Cc1cnc2c(F)cccc2c1. The van der Waals surface area contributed by atoms with E-state index < -0.39 is 23.6 Å². The van der Waals surface area contributed by atoms with Gasteiger partial charge in [0.1, 0.15) is 17.1 Å². The van der Waals surface area contributed by atoms with Crippen LogP contribution in [0.2, 0.25) is 0 Å². The minimum atomic E-state index is -2.90. The molecule has 0 amide bonds. The van der Waals surface area contributed by atoms with Crippen LogP contribution in [-0.4, -0.2) is 16.7 Å². The Bertz CT molecular complexity index is 830. The van der Waals surface area contributed by atoms with Gasteiger partial charge in [-0.05, 0) is 49.3 Å². The van der Waals surface area contributed by atoms with Crippen LogP contribution in [0, 0.1) is 16.6 Å². The van der Waals surface area contributed by atoms with Crippen molar-refractivity contribution < 1.29 is 18.0 Å². The Morgan fingerprint density at radius 2 is 1.96 bits per heavy atom. The summed E-state index contributed by atoms with van der Waals surface area (Å²) >= 11 is 0. The van der Waals surface area contributed by atoms with E-state index in [4.69, 9.17) is 0 Å². The third kappa shape index (κ3) is 4.25. The maximum atomic E-state index is 13.8. The van der Waals surface area contributed by atoms with Crippen molar-refractivity contribution in [1.29, 1.82) is 0 Å². The van der Waals surface area contributed by atoms with Gasteiger partial charge in [-0.2, -0.15) is 0 Å². The molecule has 0 bridgehead atoms. The summed E-state index contributed by atoms with van der Waals surface area (Å²) in [5, 5.41) is 0.604. The monoisotopic (exact) mass is 363 g/mol. The lowest BCUT2D eigenvalue weighted by atomic mass is 9.71. The van der Waals surface area contributed by atoms with E-state index in [2.05, 4.69) is 4.98 Å². The van der Waals surface area contributed by atoms with Gasteiger partial charge in [0.25, 0.3) is 0 Å². The zero-order valence-electron chi connectivity index (χ0n) is 15.4. The molecule has 0 aliphatic heterocycles. The second-order valence-corrected chi connectivity index (χ2v) is 8.55. The van der Waals surface area contributed by atoms with Gasteiger partial charge in [-0.25, -0.2) is 13.2 Å². The molecule has 1 heterocycles. The summed E-state index contributed by atoms with van der Waals surface area (Å²) < 4.78 is 41.3. The topological polar surface area (TPSA) is 30.0 Å². The number of carbonyl (C=O) groups is 1. The van der Waals surface area contributed by atoms with Gasteiger partial charge in [0, 0.05) is 29.8 Å². The molecule has 2 nitrogen and oxygen atoms in total. The lowest BCUT2D eigenvalue weighted by Gasteiger charge is -2.33. The molecule has 1 atom stereocenters. The Labute approximate surface area is 151 Å². The molecule has 1 aromatic carbocycles. The van der Waals surface area contributed by atoms with Crippen molar-refractivity contribution in [2.45, 2.75) is 58.8 Å². The molecular weight excluding hydrogens is 339 g/mol. The number of para-hydroxylation sites is 1. The predicted molar refractivity (Wildman–Crippen MR) is 95.7 cm³/mol. The highest BCUT2D eigenvalue weighted by atomic mass is 19.3. The van der Waals surface area contributed by atoms with E-state index in [1.807, 2.05) is 6.92 Å². The Morgan fingerprint density at radius 3 is 2.58 bits per heavy atom. The fraction of sp³-hybridized carbons (Fsp3) is 0.524. The highest BCUT2D eigenvalue weighted by Gasteiger charge is 2.49. The molecule has 3 rings (SSSR count). The van der Waals surface area contributed by atoms with Gasteiger partial charge in [-0.1, -0.05) is 26.0 Å². The van der Waals surface area contributed by atoms with Gasteiger partial charge in [0.05, 0.1) is 0 Å². The maximum Gasteiger partial charge on any atom is 0.246 e. The molecule has 1 unspecified atom stereocenters. The van der Waals surface area contributed by atoms with Crippen LogP contribution in [0.15, 0.2) is 30.5 Å². The Balaban J connectivity index is 1.85. The Hall–Kier alpha value is -1.91. The van der Waals surface area contributed by atoms with E-state index >= 15 is 0 Å². The van der Waals surface area contributed by atoms with E-state index in [-0.39, 0.29) is 23.1 Å². The van der Waals surface area contributed by atoms with Gasteiger partial charge in [0.2, 0.25) is 5.92 Å². The molecule has 1 saturated carbocycles. The molecule has 0 radical (unpaired) electrons. The second kappa shape index (κ2) is 6.36. The molecule has 1 aromatic heterocycles.